The Morgan fingerprint density at radius 3 is 2.91 bits per heavy atom. The summed E-state index contributed by atoms with van der Waals surface area (Å²) >= 11 is 0. The van der Waals surface area contributed by atoms with Crippen LogP contribution in [0.1, 0.15) is 31.9 Å². The lowest BCUT2D eigenvalue weighted by Crippen LogP contribution is -2.31. The van der Waals surface area contributed by atoms with Crippen LogP contribution in [0.4, 0.5) is 5.69 Å². The van der Waals surface area contributed by atoms with Crippen molar-refractivity contribution >= 4 is 22.5 Å². The Morgan fingerprint density at radius 1 is 1.32 bits per heavy atom. The van der Waals surface area contributed by atoms with Gasteiger partial charge in [-0.05, 0) is 37.3 Å². The number of aryl methyl sites for hydroxylation is 1. The van der Waals surface area contributed by atoms with Gasteiger partial charge in [-0.3, -0.25) is 9.78 Å². The smallest absolute Gasteiger partial charge is 0.239 e. The molecule has 1 aliphatic carbocycles. The molecule has 0 aliphatic heterocycles. The maximum absolute atomic E-state index is 11.9. The van der Waals surface area contributed by atoms with Crippen LogP contribution in [0.2, 0.25) is 0 Å². The molecule has 116 valence electrons. The standard InChI is InChI=1S/C18H23N3O/c1-2-5-14-10-17(15-6-3-4-7-16(15)21-14)19-12-18(22)20-11-13-8-9-13/h3-4,6-7,10,13H,2,5,8-9,11-12H2,1H3,(H,19,21)(H,20,22). The zero-order valence-corrected chi connectivity index (χ0v) is 13.1. The maximum atomic E-state index is 11.9. The molecule has 4 heteroatoms. The summed E-state index contributed by atoms with van der Waals surface area (Å²) in [5.41, 5.74) is 3.05. The molecule has 0 radical (unpaired) electrons. The second-order valence-corrected chi connectivity index (χ2v) is 6.03. The van der Waals surface area contributed by atoms with Crippen LogP contribution < -0.4 is 10.6 Å². The van der Waals surface area contributed by atoms with E-state index in [4.69, 9.17) is 0 Å². The molecule has 1 saturated carbocycles. The zero-order valence-electron chi connectivity index (χ0n) is 13.1. The molecule has 0 spiro atoms. The van der Waals surface area contributed by atoms with Gasteiger partial charge in [-0.1, -0.05) is 31.5 Å². The van der Waals surface area contributed by atoms with Gasteiger partial charge in [-0.25, -0.2) is 0 Å². The quantitative estimate of drug-likeness (QED) is 0.825. The number of amides is 1. The second-order valence-electron chi connectivity index (χ2n) is 6.03. The van der Waals surface area contributed by atoms with Crippen molar-refractivity contribution in [3.8, 4) is 0 Å². The Labute approximate surface area is 131 Å². The maximum Gasteiger partial charge on any atom is 0.239 e. The van der Waals surface area contributed by atoms with Gasteiger partial charge in [0.25, 0.3) is 0 Å². The fourth-order valence-electron chi connectivity index (χ4n) is 2.58. The number of anilines is 1. The van der Waals surface area contributed by atoms with Gasteiger partial charge in [0.05, 0.1) is 12.1 Å². The number of pyridine rings is 1. The average Bonchev–Trinajstić information content (AvgIpc) is 3.35. The Kier molecular flexibility index (Phi) is 4.56. The molecule has 2 N–H and O–H groups in total. The van der Waals surface area contributed by atoms with E-state index in [2.05, 4.69) is 28.6 Å². The topological polar surface area (TPSA) is 54.0 Å². The highest BCUT2D eigenvalue weighted by Crippen LogP contribution is 2.27. The summed E-state index contributed by atoms with van der Waals surface area (Å²) < 4.78 is 0. The number of hydrogen-bond acceptors (Lipinski definition) is 3. The molecule has 1 fully saturated rings. The van der Waals surface area contributed by atoms with Gasteiger partial charge in [0.1, 0.15) is 0 Å². The number of hydrogen-bond donors (Lipinski definition) is 2. The van der Waals surface area contributed by atoms with Gasteiger partial charge in [0, 0.05) is 23.3 Å². The predicted octanol–water partition coefficient (Wildman–Crippen LogP) is 3.13. The van der Waals surface area contributed by atoms with Crippen molar-refractivity contribution in [3.05, 3.63) is 36.0 Å². The number of carbonyl (C=O) groups is 1. The van der Waals surface area contributed by atoms with Crippen LogP contribution in [-0.4, -0.2) is 24.0 Å². The summed E-state index contributed by atoms with van der Waals surface area (Å²) in [6.07, 6.45) is 4.52. The van der Waals surface area contributed by atoms with Gasteiger partial charge in [0.15, 0.2) is 0 Å². The molecular weight excluding hydrogens is 274 g/mol. The first-order valence-electron chi connectivity index (χ1n) is 8.15. The molecular formula is C18H23N3O. The molecule has 1 aliphatic rings. The molecule has 22 heavy (non-hydrogen) atoms. The van der Waals surface area contributed by atoms with E-state index >= 15 is 0 Å². The first-order valence-corrected chi connectivity index (χ1v) is 8.15. The van der Waals surface area contributed by atoms with Crippen LogP contribution in [0.3, 0.4) is 0 Å². The SMILES string of the molecule is CCCc1cc(NCC(=O)NCC2CC2)c2ccccc2n1. The molecule has 1 aromatic heterocycles. The molecule has 0 unspecified atom stereocenters. The highest BCUT2D eigenvalue weighted by molar-refractivity contribution is 5.93. The molecule has 1 aromatic carbocycles. The van der Waals surface area contributed by atoms with Crippen molar-refractivity contribution in [2.75, 3.05) is 18.4 Å². The minimum atomic E-state index is 0.0600. The summed E-state index contributed by atoms with van der Waals surface area (Å²) in [6, 6.07) is 10.1. The largest absolute Gasteiger partial charge is 0.376 e. The Morgan fingerprint density at radius 2 is 2.14 bits per heavy atom. The highest BCUT2D eigenvalue weighted by Gasteiger charge is 2.21. The highest BCUT2D eigenvalue weighted by atomic mass is 16.1. The third-order valence-electron chi connectivity index (χ3n) is 4.00. The van der Waals surface area contributed by atoms with Crippen LogP contribution in [-0.2, 0) is 11.2 Å². The molecule has 4 nitrogen and oxygen atoms in total. The third kappa shape index (κ3) is 3.75. The summed E-state index contributed by atoms with van der Waals surface area (Å²) in [4.78, 5) is 16.6. The fourth-order valence-corrected chi connectivity index (χ4v) is 2.58. The van der Waals surface area contributed by atoms with E-state index in [9.17, 15) is 4.79 Å². The van der Waals surface area contributed by atoms with Gasteiger partial charge in [0.2, 0.25) is 5.91 Å². The van der Waals surface area contributed by atoms with Crippen molar-refractivity contribution < 1.29 is 4.79 Å². The van der Waals surface area contributed by atoms with E-state index in [1.807, 2.05) is 24.3 Å². The zero-order chi connectivity index (χ0) is 15.4. The summed E-state index contributed by atoms with van der Waals surface area (Å²) in [5.74, 6) is 0.770. The van der Waals surface area contributed by atoms with Gasteiger partial charge < -0.3 is 10.6 Å². The van der Waals surface area contributed by atoms with Crippen molar-refractivity contribution in [2.45, 2.75) is 32.6 Å². The van der Waals surface area contributed by atoms with E-state index in [1.165, 1.54) is 12.8 Å². The summed E-state index contributed by atoms with van der Waals surface area (Å²) in [5, 5.41) is 7.33. The first-order chi connectivity index (χ1) is 10.8. The first kappa shape index (κ1) is 14.8. The molecule has 0 atom stereocenters. The molecule has 3 rings (SSSR count). The number of benzene rings is 1. The molecule has 0 saturated heterocycles. The van der Waals surface area contributed by atoms with E-state index in [0.717, 1.165) is 41.7 Å². The van der Waals surface area contributed by atoms with E-state index in [0.29, 0.717) is 12.5 Å². The van der Waals surface area contributed by atoms with Crippen molar-refractivity contribution in [1.82, 2.24) is 10.3 Å². The number of para-hydroxylation sites is 1. The van der Waals surface area contributed by atoms with Crippen LogP contribution in [0, 0.1) is 5.92 Å². The number of aromatic nitrogens is 1. The van der Waals surface area contributed by atoms with Crippen molar-refractivity contribution in [3.63, 3.8) is 0 Å². The van der Waals surface area contributed by atoms with Crippen LogP contribution in [0.25, 0.3) is 10.9 Å². The Balaban J connectivity index is 1.71. The normalized spacial score (nSPS) is 14.0. The van der Waals surface area contributed by atoms with Crippen LogP contribution in [0.15, 0.2) is 30.3 Å². The Bertz CT molecular complexity index is 664. The minimum absolute atomic E-state index is 0.0600. The summed E-state index contributed by atoms with van der Waals surface area (Å²) in [7, 11) is 0. The van der Waals surface area contributed by atoms with E-state index < -0.39 is 0 Å². The van der Waals surface area contributed by atoms with Crippen molar-refractivity contribution in [1.29, 1.82) is 0 Å². The summed E-state index contributed by atoms with van der Waals surface area (Å²) in [6.45, 7) is 3.28. The number of nitrogens with one attached hydrogen (secondary N) is 2. The monoisotopic (exact) mass is 297 g/mol. The van der Waals surface area contributed by atoms with E-state index in [1.54, 1.807) is 0 Å². The second kappa shape index (κ2) is 6.77. The lowest BCUT2D eigenvalue weighted by atomic mass is 10.1. The van der Waals surface area contributed by atoms with Gasteiger partial charge in [-0.2, -0.15) is 0 Å². The van der Waals surface area contributed by atoms with Crippen molar-refractivity contribution in [2.24, 2.45) is 5.92 Å². The number of nitrogens with zero attached hydrogens (tertiary/aromatic N) is 1. The lowest BCUT2D eigenvalue weighted by Gasteiger charge is -2.12. The molecule has 1 amide bonds. The lowest BCUT2D eigenvalue weighted by molar-refractivity contribution is -0.119. The third-order valence-corrected chi connectivity index (χ3v) is 4.00. The predicted molar refractivity (Wildman–Crippen MR) is 90.0 cm³/mol. The van der Waals surface area contributed by atoms with E-state index in [-0.39, 0.29) is 5.91 Å². The molecule has 1 heterocycles. The number of fused-ring (bicyclic) bond motifs is 1. The fraction of sp³-hybridized carbons (Fsp3) is 0.444. The van der Waals surface area contributed by atoms with Gasteiger partial charge in [-0.15, -0.1) is 0 Å². The minimum Gasteiger partial charge on any atom is -0.376 e. The van der Waals surface area contributed by atoms with Gasteiger partial charge >= 0.3 is 0 Å². The van der Waals surface area contributed by atoms with Crippen LogP contribution >= 0.6 is 0 Å². The molecule has 2 aromatic rings. The van der Waals surface area contributed by atoms with Crippen LogP contribution in [0.5, 0.6) is 0 Å². The Hall–Kier alpha value is -2.10. The number of rotatable bonds is 7. The average molecular weight is 297 g/mol. The number of carbonyl (C=O) groups excluding carboxylic acids is 1. The molecule has 0 bridgehead atoms.